The Balaban J connectivity index is 3.23. The van der Waals surface area contributed by atoms with Gasteiger partial charge in [-0.1, -0.05) is 42.1 Å². The van der Waals surface area contributed by atoms with Crippen LogP contribution in [0.5, 0.6) is 0 Å². The Bertz CT molecular complexity index is 150. The van der Waals surface area contributed by atoms with E-state index in [0.717, 1.165) is 13.0 Å². The quantitative estimate of drug-likeness (QED) is 0.385. The first-order valence-electron chi connectivity index (χ1n) is 5.02. The van der Waals surface area contributed by atoms with Crippen molar-refractivity contribution in [3.63, 3.8) is 0 Å². The zero-order chi connectivity index (χ0) is 10.8. The van der Waals surface area contributed by atoms with Crippen LogP contribution in [0.25, 0.3) is 0 Å². The third kappa shape index (κ3) is 7.33. The normalized spacial score (nSPS) is 12.5. The van der Waals surface area contributed by atoms with E-state index in [4.69, 9.17) is 4.74 Å². The second kappa shape index (κ2) is 9.46. The van der Waals surface area contributed by atoms with Gasteiger partial charge in [0.1, 0.15) is 4.83 Å². The van der Waals surface area contributed by atoms with Gasteiger partial charge in [-0.25, -0.2) is 0 Å². The number of esters is 1. The molecule has 0 aliphatic carbocycles. The summed E-state index contributed by atoms with van der Waals surface area (Å²) in [6, 6.07) is 0. The van der Waals surface area contributed by atoms with E-state index < -0.39 is 0 Å². The Hall–Kier alpha value is -0.0900. The van der Waals surface area contributed by atoms with Gasteiger partial charge in [-0.05, 0) is 6.42 Å². The van der Waals surface area contributed by atoms with E-state index in [-0.39, 0.29) is 10.8 Å². The fraction of sp³-hybridized carbons (Fsp3) is 0.900. The van der Waals surface area contributed by atoms with Crippen LogP contribution in [0.2, 0.25) is 0 Å². The first-order valence-corrected chi connectivity index (χ1v) is 5.93. The van der Waals surface area contributed by atoms with Crippen molar-refractivity contribution in [2.45, 2.75) is 37.4 Å². The molecule has 0 radical (unpaired) electrons. The lowest BCUT2D eigenvalue weighted by Gasteiger charge is -2.08. The maximum absolute atomic E-state index is 10.9. The zero-order valence-electron chi connectivity index (χ0n) is 8.92. The van der Waals surface area contributed by atoms with E-state index in [2.05, 4.69) is 27.6 Å². The lowest BCUT2D eigenvalue weighted by molar-refractivity contribution is -0.140. The van der Waals surface area contributed by atoms with Gasteiger partial charge in [0.25, 0.3) is 0 Å². The summed E-state index contributed by atoms with van der Waals surface area (Å²) in [5.74, 6) is -0.279. The van der Waals surface area contributed by atoms with Crippen molar-refractivity contribution in [3.05, 3.63) is 0 Å². The van der Waals surface area contributed by atoms with Crippen LogP contribution in [-0.4, -0.2) is 31.1 Å². The molecule has 0 aliphatic rings. The first-order chi connectivity index (χ1) is 6.72. The maximum atomic E-state index is 10.9. The predicted octanol–water partition coefficient (Wildman–Crippen LogP) is 2.52. The Kier molecular flexibility index (Phi) is 9.40. The Morgan fingerprint density at radius 1 is 1.36 bits per heavy atom. The van der Waals surface area contributed by atoms with Crippen molar-refractivity contribution in [3.8, 4) is 0 Å². The summed E-state index contributed by atoms with van der Waals surface area (Å²) in [5.41, 5.74) is 0. The van der Waals surface area contributed by atoms with Crippen LogP contribution in [-0.2, 0) is 14.3 Å². The van der Waals surface area contributed by atoms with E-state index in [1.165, 1.54) is 26.4 Å². The number of halogens is 1. The van der Waals surface area contributed by atoms with Gasteiger partial charge in [-0.15, -0.1) is 0 Å². The molecule has 0 bridgehead atoms. The van der Waals surface area contributed by atoms with Crippen LogP contribution in [0, 0.1) is 0 Å². The standard InChI is InChI=1S/C10H19BrO3/c1-3-4-5-6-7-14-8-9(11)10(12)13-2/h9H,3-8H2,1-2H3. The molecule has 3 nitrogen and oxygen atoms in total. The summed E-state index contributed by atoms with van der Waals surface area (Å²) < 4.78 is 9.86. The van der Waals surface area contributed by atoms with Gasteiger partial charge in [0.15, 0.2) is 0 Å². The van der Waals surface area contributed by atoms with Crippen LogP contribution >= 0.6 is 15.9 Å². The molecular weight excluding hydrogens is 248 g/mol. The highest BCUT2D eigenvalue weighted by atomic mass is 79.9. The maximum Gasteiger partial charge on any atom is 0.321 e. The van der Waals surface area contributed by atoms with E-state index in [0.29, 0.717) is 6.61 Å². The Morgan fingerprint density at radius 2 is 2.07 bits per heavy atom. The van der Waals surface area contributed by atoms with Crippen molar-refractivity contribution in [1.82, 2.24) is 0 Å². The molecule has 1 atom stereocenters. The third-order valence-corrected chi connectivity index (χ3v) is 2.50. The van der Waals surface area contributed by atoms with Crippen molar-refractivity contribution < 1.29 is 14.3 Å². The van der Waals surface area contributed by atoms with Gasteiger partial charge >= 0.3 is 5.97 Å². The van der Waals surface area contributed by atoms with Crippen molar-refractivity contribution in [2.24, 2.45) is 0 Å². The lowest BCUT2D eigenvalue weighted by Crippen LogP contribution is -2.21. The third-order valence-electron chi connectivity index (χ3n) is 1.86. The van der Waals surface area contributed by atoms with Gasteiger partial charge in [-0.2, -0.15) is 0 Å². The Labute approximate surface area is 94.3 Å². The number of ether oxygens (including phenoxy) is 2. The number of hydrogen-bond donors (Lipinski definition) is 0. The summed E-state index contributed by atoms with van der Waals surface area (Å²) in [6.45, 7) is 3.28. The molecular formula is C10H19BrO3. The summed E-state index contributed by atoms with van der Waals surface area (Å²) >= 11 is 3.19. The molecule has 0 fully saturated rings. The molecule has 0 aromatic rings. The number of methoxy groups -OCH3 is 1. The molecule has 84 valence electrons. The molecule has 0 aromatic carbocycles. The van der Waals surface area contributed by atoms with Gasteiger partial charge in [-0.3, -0.25) is 4.79 Å². The number of carbonyl (C=O) groups is 1. The smallest absolute Gasteiger partial charge is 0.321 e. The molecule has 0 saturated carbocycles. The lowest BCUT2D eigenvalue weighted by atomic mass is 10.2. The molecule has 0 amide bonds. The average Bonchev–Trinajstić information content (AvgIpc) is 2.21. The molecule has 0 heterocycles. The van der Waals surface area contributed by atoms with Crippen molar-refractivity contribution >= 4 is 21.9 Å². The second-order valence-electron chi connectivity index (χ2n) is 3.13. The first kappa shape index (κ1) is 13.9. The second-order valence-corrected chi connectivity index (χ2v) is 4.23. The monoisotopic (exact) mass is 266 g/mol. The van der Waals surface area contributed by atoms with E-state index in [9.17, 15) is 4.79 Å². The van der Waals surface area contributed by atoms with Gasteiger partial charge in [0.2, 0.25) is 0 Å². The molecule has 1 unspecified atom stereocenters. The topological polar surface area (TPSA) is 35.5 Å². The number of rotatable bonds is 8. The average molecular weight is 267 g/mol. The van der Waals surface area contributed by atoms with Crippen LogP contribution in [0.4, 0.5) is 0 Å². The minimum absolute atomic E-state index is 0.279. The van der Waals surface area contributed by atoms with E-state index >= 15 is 0 Å². The SMILES string of the molecule is CCCCCCOCC(Br)C(=O)OC. The molecule has 0 aliphatic heterocycles. The predicted molar refractivity (Wildman–Crippen MR) is 59.7 cm³/mol. The summed E-state index contributed by atoms with van der Waals surface area (Å²) in [5, 5.41) is 0. The summed E-state index contributed by atoms with van der Waals surface area (Å²) in [6.07, 6.45) is 4.73. The van der Waals surface area contributed by atoms with Gasteiger partial charge < -0.3 is 9.47 Å². The minimum Gasteiger partial charge on any atom is -0.468 e. The van der Waals surface area contributed by atoms with Gasteiger partial charge in [0.05, 0.1) is 13.7 Å². The minimum atomic E-state index is -0.335. The number of unbranched alkanes of at least 4 members (excludes halogenated alkanes) is 3. The molecule has 0 aromatic heterocycles. The summed E-state index contributed by atoms with van der Waals surface area (Å²) in [7, 11) is 1.37. The molecule has 0 N–H and O–H groups in total. The molecule has 4 heteroatoms. The van der Waals surface area contributed by atoms with Crippen LogP contribution in [0.3, 0.4) is 0 Å². The molecule has 0 saturated heterocycles. The van der Waals surface area contributed by atoms with Crippen molar-refractivity contribution in [1.29, 1.82) is 0 Å². The van der Waals surface area contributed by atoms with E-state index in [1.54, 1.807) is 0 Å². The summed E-state index contributed by atoms with van der Waals surface area (Å²) in [4.78, 5) is 10.6. The Morgan fingerprint density at radius 3 is 2.64 bits per heavy atom. The van der Waals surface area contributed by atoms with Crippen LogP contribution in [0.1, 0.15) is 32.6 Å². The fourth-order valence-electron chi connectivity index (χ4n) is 1.01. The largest absolute Gasteiger partial charge is 0.468 e. The number of hydrogen-bond acceptors (Lipinski definition) is 3. The van der Waals surface area contributed by atoms with Crippen molar-refractivity contribution in [2.75, 3.05) is 20.3 Å². The molecule has 14 heavy (non-hydrogen) atoms. The number of carbonyl (C=O) groups excluding carboxylic acids is 1. The molecule has 0 spiro atoms. The highest BCUT2D eigenvalue weighted by Crippen LogP contribution is 2.04. The van der Waals surface area contributed by atoms with E-state index in [1.807, 2.05) is 0 Å². The fourth-order valence-corrected chi connectivity index (χ4v) is 1.39. The van der Waals surface area contributed by atoms with Gasteiger partial charge in [0, 0.05) is 6.61 Å². The zero-order valence-corrected chi connectivity index (χ0v) is 10.5. The highest BCUT2D eigenvalue weighted by Gasteiger charge is 2.14. The molecule has 0 rings (SSSR count). The number of alkyl halides is 1. The van der Waals surface area contributed by atoms with Crippen LogP contribution < -0.4 is 0 Å². The highest BCUT2D eigenvalue weighted by molar-refractivity contribution is 9.10. The van der Waals surface area contributed by atoms with Crippen LogP contribution in [0.15, 0.2) is 0 Å².